The zero-order valence-corrected chi connectivity index (χ0v) is 11.6. The van der Waals surface area contributed by atoms with Crippen molar-refractivity contribution in [1.29, 1.82) is 0 Å². The van der Waals surface area contributed by atoms with E-state index in [9.17, 15) is 14.0 Å². The summed E-state index contributed by atoms with van der Waals surface area (Å²) in [6.07, 6.45) is 0.924. The minimum Gasteiger partial charge on any atom is -0.359 e. The highest BCUT2D eigenvalue weighted by Gasteiger charge is 2.27. The first-order chi connectivity index (χ1) is 8.77. The van der Waals surface area contributed by atoms with Gasteiger partial charge in [0.25, 0.3) is 5.91 Å². The largest absolute Gasteiger partial charge is 0.359 e. The molecule has 0 radical (unpaired) electrons. The molecule has 0 spiro atoms. The van der Waals surface area contributed by atoms with Crippen molar-refractivity contribution in [2.24, 2.45) is 5.41 Å². The molecule has 104 valence electrons. The highest BCUT2D eigenvalue weighted by atomic mass is 35.5. The van der Waals surface area contributed by atoms with Crippen LogP contribution in [0.5, 0.6) is 0 Å². The Labute approximate surface area is 115 Å². The molecule has 0 unspecified atom stereocenters. The summed E-state index contributed by atoms with van der Waals surface area (Å²) in [7, 11) is 1.51. The summed E-state index contributed by atoms with van der Waals surface area (Å²) >= 11 is 5.71. The second-order valence-electron chi connectivity index (χ2n) is 4.64. The Bertz CT molecular complexity index is 506. The van der Waals surface area contributed by atoms with Crippen molar-refractivity contribution in [2.45, 2.75) is 13.8 Å². The lowest BCUT2D eigenvalue weighted by Crippen LogP contribution is -2.43. The van der Waals surface area contributed by atoms with Crippen LogP contribution in [-0.4, -0.2) is 30.4 Å². The van der Waals surface area contributed by atoms with Gasteiger partial charge in [0.2, 0.25) is 5.91 Å². The maximum absolute atomic E-state index is 13.0. The quantitative estimate of drug-likeness (QED) is 0.822. The normalized spacial score (nSPS) is 11.0. The summed E-state index contributed by atoms with van der Waals surface area (Å²) < 4.78 is 13.0. The maximum Gasteiger partial charge on any atom is 0.254 e. The number of pyridine rings is 1. The summed E-state index contributed by atoms with van der Waals surface area (Å²) in [6.45, 7) is 3.45. The Morgan fingerprint density at radius 1 is 1.47 bits per heavy atom. The van der Waals surface area contributed by atoms with E-state index >= 15 is 0 Å². The van der Waals surface area contributed by atoms with Gasteiger partial charge in [0, 0.05) is 13.6 Å². The number of hydrogen-bond donors (Lipinski definition) is 2. The minimum atomic E-state index is -0.780. The molecule has 2 amide bonds. The highest BCUT2D eigenvalue weighted by molar-refractivity contribution is 6.32. The van der Waals surface area contributed by atoms with Crippen LogP contribution < -0.4 is 10.6 Å². The molecule has 0 atom stereocenters. The Kier molecular flexibility index (Phi) is 4.83. The molecule has 2 N–H and O–H groups in total. The second-order valence-corrected chi connectivity index (χ2v) is 5.00. The van der Waals surface area contributed by atoms with Gasteiger partial charge in [0.05, 0.1) is 17.2 Å². The van der Waals surface area contributed by atoms with Crippen molar-refractivity contribution >= 4 is 23.4 Å². The van der Waals surface area contributed by atoms with Crippen LogP contribution in [-0.2, 0) is 4.79 Å². The van der Waals surface area contributed by atoms with Crippen LogP contribution in [0.25, 0.3) is 0 Å². The Morgan fingerprint density at radius 2 is 2.11 bits per heavy atom. The first-order valence-electron chi connectivity index (χ1n) is 5.59. The van der Waals surface area contributed by atoms with Crippen molar-refractivity contribution in [3.05, 3.63) is 28.8 Å². The number of hydrogen-bond acceptors (Lipinski definition) is 3. The molecular weight excluding hydrogens is 273 g/mol. The van der Waals surface area contributed by atoms with Crippen LogP contribution in [0.4, 0.5) is 4.39 Å². The van der Waals surface area contributed by atoms with Crippen molar-refractivity contribution < 1.29 is 14.0 Å². The lowest BCUT2D eigenvalue weighted by molar-refractivity contribution is -0.128. The van der Waals surface area contributed by atoms with E-state index in [0.717, 1.165) is 12.3 Å². The summed E-state index contributed by atoms with van der Waals surface area (Å²) in [5, 5.41) is 4.95. The van der Waals surface area contributed by atoms with Crippen molar-refractivity contribution in [3.8, 4) is 0 Å². The van der Waals surface area contributed by atoms with Crippen LogP contribution in [0, 0.1) is 11.2 Å². The average molecular weight is 288 g/mol. The van der Waals surface area contributed by atoms with Crippen LogP contribution in [0.3, 0.4) is 0 Å². The molecule has 1 aromatic rings. The third kappa shape index (κ3) is 3.89. The van der Waals surface area contributed by atoms with Gasteiger partial charge in [-0.05, 0) is 19.9 Å². The summed E-state index contributed by atoms with van der Waals surface area (Å²) in [5.74, 6) is -1.44. The van der Waals surface area contributed by atoms with E-state index in [1.54, 1.807) is 13.8 Å². The minimum absolute atomic E-state index is 0.0608. The van der Waals surface area contributed by atoms with Crippen LogP contribution in [0.2, 0.25) is 5.15 Å². The van der Waals surface area contributed by atoms with E-state index < -0.39 is 17.1 Å². The molecule has 1 aromatic heterocycles. The summed E-state index contributed by atoms with van der Waals surface area (Å²) in [5.41, 5.74) is -0.841. The smallest absolute Gasteiger partial charge is 0.254 e. The molecule has 0 aliphatic rings. The van der Waals surface area contributed by atoms with Gasteiger partial charge in [0.1, 0.15) is 11.0 Å². The van der Waals surface area contributed by atoms with Crippen LogP contribution >= 0.6 is 11.6 Å². The number of nitrogens with zero attached hydrogens (tertiary/aromatic N) is 1. The summed E-state index contributed by atoms with van der Waals surface area (Å²) in [4.78, 5) is 26.9. The van der Waals surface area contributed by atoms with Crippen molar-refractivity contribution in [2.75, 3.05) is 13.6 Å². The topological polar surface area (TPSA) is 71.1 Å². The Balaban J connectivity index is 2.76. The second kappa shape index (κ2) is 5.97. The van der Waals surface area contributed by atoms with E-state index in [2.05, 4.69) is 15.6 Å². The van der Waals surface area contributed by atoms with Gasteiger partial charge < -0.3 is 10.6 Å². The zero-order valence-electron chi connectivity index (χ0n) is 10.9. The lowest BCUT2D eigenvalue weighted by atomic mass is 9.92. The van der Waals surface area contributed by atoms with Gasteiger partial charge >= 0.3 is 0 Å². The van der Waals surface area contributed by atoms with Crippen LogP contribution in [0.1, 0.15) is 24.2 Å². The van der Waals surface area contributed by atoms with Gasteiger partial charge in [-0.25, -0.2) is 9.37 Å². The molecule has 0 bridgehead atoms. The highest BCUT2D eigenvalue weighted by Crippen LogP contribution is 2.16. The molecule has 0 saturated heterocycles. The van der Waals surface area contributed by atoms with Gasteiger partial charge in [-0.3, -0.25) is 9.59 Å². The number of carbonyl (C=O) groups excluding carboxylic acids is 2. The standard InChI is InChI=1S/C12H15ClFN3O2/c1-12(2,11(19)15-3)6-17-10(18)8-4-7(14)5-16-9(8)13/h4-5H,6H2,1-3H3,(H,15,19)(H,17,18). The molecule has 0 aliphatic carbocycles. The molecular formula is C12H15ClFN3O2. The summed E-state index contributed by atoms with van der Waals surface area (Å²) in [6, 6.07) is 0.998. The Hall–Kier alpha value is -1.69. The fourth-order valence-electron chi connectivity index (χ4n) is 1.40. The van der Waals surface area contributed by atoms with Gasteiger partial charge in [0.15, 0.2) is 0 Å². The molecule has 0 aromatic carbocycles. The fourth-order valence-corrected chi connectivity index (χ4v) is 1.59. The van der Waals surface area contributed by atoms with Gasteiger partial charge in [-0.1, -0.05) is 11.6 Å². The van der Waals surface area contributed by atoms with Crippen LogP contribution in [0.15, 0.2) is 12.3 Å². The third-order valence-corrected chi connectivity index (χ3v) is 2.88. The Morgan fingerprint density at radius 3 is 2.68 bits per heavy atom. The maximum atomic E-state index is 13.0. The average Bonchev–Trinajstić information content (AvgIpc) is 2.37. The lowest BCUT2D eigenvalue weighted by Gasteiger charge is -2.22. The molecule has 7 heteroatoms. The zero-order chi connectivity index (χ0) is 14.6. The number of nitrogens with one attached hydrogen (secondary N) is 2. The number of amides is 2. The van der Waals surface area contributed by atoms with Crippen molar-refractivity contribution in [1.82, 2.24) is 15.6 Å². The molecule has 5 nitrogen and oxygen atoms in total. The van der Waals surface area contributed by atoms with E-state index in [0.29, 0.717) is 0 Å². The number of aromatic nitrogens is 1. The first-order valence-corrected chi connectivity index (χ1v) is 5.97. The fraction of sp³-hybridized carbons (Fsp3) is 0.417. The third-order valence-electron chi connectivity index (χ3n) is 2.58. The molecule has 1 heterocycles. The first kappa shape index (κ1) is 15.4. The number of rotatable bonds is 4. The molecule has 1 rings (SSSR count). The molecule has 0 fully saturated rings. The van der Waals surface area contributed by atoms with Gasteiger partial charge in [-0.2, -0.15) is 0 Å². The molecule has 0 aliphatic heterocycles. The number of halogens is 2. The predicted octanol–water partition coefficient (Wildman–Crippen LogP) is 1.38. The van der Waals surface area contributed by atoms with E-state index in [1.165, 1.54) is 7.05 Å². The molecule has 19 heavy (non-hydrogen) atoms. The predicted molar refractivity (Wildman–Crippen MR) is 69.4 cm³/mol. The SMILES string of the molecule is CNC(=O)C(C)(C)CNC(=O)c1cc(F)cnc1Cl. The van der Waals surface area contributed by atoms with Gasteiger partial charge in [-0.15, -0.1) is 0 Å². The van der Waals surface area contributed by atoms with E-state index in [4.69, 9.17) is 11.6 Å². The number of carbonyl (C=O) groups is 2. The van der Waals surface area contributed by atoms with Crippen molar-refractivity contribution in [3.63, 3.8) is 0 Å². The van der Waals surface area contributed by atoms with E-state index in [-0.39, 0.29) is 23.2 Å². The van der Waals surface area contributed by atoms with E-state index in [1.807, 2.05) is 0 Å². The monoisotopic (exact) mass is 287 g/mol. The molecule has 0 saturated carbocycles.